The Morgan fingerprint density at radius 1 is 1.12 bits per heavy atom. The van der Waals surface area contributed by atoms with Crippen molar-refractivity contribution in [1.82, 2.24) is 9.80 Å². The maximum Gasteiger partial charge on any atom is 0.0594 e. The topological polar surface area (TPSA) is 41.7 Å². The molecule has 2 aliphatic heterocycles. The van der Waals surface area contributed by atoms with E-state index in [-0.39, 0.29) is 5.54 Å². The summed E-state index contributed by atoms with van der Waals surface area (Å²) in [6.45, 7) is 7.04. The lowest BCUT2D eigenvalue weighted by atomic mass is 9.88. The molecule has 0 aromatic carbocycles. The zero-order valence-electron chi connectivity index (χ0n) is 10.5. The molecule has 1 unspecified atom stereocenters. The Hall–Kier alpha value is -0.160. The molecule has 2 aliphatic rings. The molecule has 0 aliphatic carbocycles. The van der Waals surface area contributed by atoms with E-state index in [2.05, 4.69) is 16.8 Å². The summed E-state index contributed by atoms with van der Waals surface area (Å²) in [4.78, 5) is 5.01. The van der Waals surface area contributed by atoms with Gasteiger partial charge in [-0.1, -0.05) is 0 Å². The van der Waals surface area contributed by atoms with Gasteiger partial charge in [0.15, 0.2) is 0 Å². The first-order valence-corrected chi connectivity index (χ1v) is 6.48. The fourth-order valence-corrected chi connectivity index (χ4v) is 3.00. The van der Waals surface area contributed by atoms with Crippen molar-refractivity contribution in [3.05, 3.63) is 0 Å². The summed E-state index contributed by atoms with van der Waals surface area (Å²) in [6, 6.07) is 0. The third-order valence-corrected chi connectivity index (χ3v) is 4.20. The van der Waals surface area contributed by atoms with Crippen molar-refractivity contribution >= 4 is 0 Å². The molecule has 0 aromatic heterocycles. The van der Waals surface area contributed by atoms with Crippen molar-refractivity contribution < 1.29 is 4.74 Å². The van der Waals surface area contributed by atoms with Crippen LogP contribution in [0.15, 0.2) is 0 Å². The lowest BCUT2D eigenvalue weighted by Gasteiger charge is -2.45. The molecule has 0 spiro atoms. The zero-order valence-corrected chi connectivity index (χ0v) is 10.5. The van der Waals surface area contributed by atoms with Crippen molar-refractivity contribution in [2.75, 3.05) is 53.0 Å². The van der Waals surface area contributed by atoms with Crippen LogP contribution < -0.4 is 5.73 Å². The van der Waals surface area contributed by atoms with Crippen LogP contribution in [0.4, 0.5) is 0 Å². The third kappa shape index (κ3) is 2.56. The molecule has 0 amide bonds. The molecular formula is C12H25N3O. The molecule has 0 aromatic rings. The Morgan fingerprint density at radius 3 is 2.56 bits per heavy atom. The molecule has 0 bridgehead atoms. The van der Waals surface area contributed by atoms with Crippen LogP contribution in [-0.2, 0) is 4.74 Å². The maximum atomic E-state index is 6.08. The van der Waals surface area contributed by atoms with E-state index in [1.54, 1.807) is 0 Å². The Bertz CT molecular complexity index is 218. The van der Waals surface area contributed by atoms with Crippen LogP contribution in [0, 0.1) is 0 Å². The van der Waals surface area contributed by atoms with Crippen LogP contribution in [0.1, 0.15) is 19.3 Å². The average Bonchev–Trinajstić information content (AvgIpc) is 2.53. The second-order valence-electron chi connectivity index (χ2n) is 5.18. The molecule has 1 atom stereocenters. The summed E-state index contributed by atoms with van der Waals surface area (Å²) in [5.74, 6) is 0. The highest BCUT2D eigenvalue weighted by Gasteiger charge is 2.37. The first-order valence-electron chi connectivity index (χ1n) is 6.48. The molecule has 0 saturated carbocycles. The summed E-state index contributed by atoms with van der Waals surface area (Å²) < 4.78 is 5.44. The predicted octanol–water partition coefficient (Wildman–Crippen LogP) is 0.132. The van der Waals surface area contributed by atoms with Gasteiger partial charge in [-0.05, 0) is 39.4 Å². The Kier molecular flexibility index (Phi) is 4.19. The second kappa shape index (κ2) is 5.45. The quantitative estimate of drug-likeness (QED) is 0.728. The smallest absolute Gasteiger partial charge is 0.0594 e. The van der Waals surface area contributed by atoms with Gasteiger partial charge < -0.3 is 15.4 Å². The van der Waals surface area contributed by atoms with E-state index >= 15 is 0 Å². The van der Waals surface area contributed by atoms with Crippen molar-refractivity contribution in [2.45, 2.75) is 24.8 Å². The van der Waals surface area contributed by atoms with Crippen LogP contribution in [0.5, 0.6) is 0 Å². The molecule has 2 N–H and O–H groups in total. The minimum atomic E-state index is 0.245. The first kappa shape index (κ1) is 12.3. The third-order valence-electron chi connectivity index (χ3n) is 4.20. The number of rotatable bonds is 2. The highest BCUT2D eigenvalue weighted by molar-refractivity contribution is 4.95. The Labute approximate surface area is 98.7 Å². The SMILES string of the molecule is CN1CCCC(CN)(N2CCOCC2)CC1. The summed E-state index contributed by atoms with van der Waals surface area (Å²) in [6.07, 6.45) is 3.72. The van der Waals surface area contributed by atoms with E-state index in [1.807, 2.05) is 0 Å². The first-order chi connectivity index (χ1) is 7.77. The van der Waals surface area contributed by atoms with E-state index < -0.39 is 0 Å². The van der Waals surface area contributed by atoms with Crippen LogP contribution in [0.2, 0.25) is 0 Å². The van der Waals surface area contributed by atoms with Gasteiger partial charge in [0, 0.05) is 25.2 Å². The lowest BCUT2D eigenvalue weighted by Crippen LogP contribution is -2.57. The number of hydrogen-bond acceptors (Lipinski definition) is 4. The summed E-state index contributed by atoms with van der Waals surface area (Å²) in [7, 11) is 2.21. The largest absolute Gasteiger partial charge is 0.379 e. The molecule has 16 heavy (non-hydrogen) atoms. The highest BCUT2D eigenvalue weighted by atomic mass is 16.5. The highest BCUT2D eigenvalue weighted by Crippen LogP contribution is 2.28. The second-order valence-corrected chi connectivity index (χ2v) is 5.18. The fraction of sp³-hybridized carbons (Fsp3) is 1.00. The van der Waals surface area contributed by atoms with Gasteiger partial charge in [-0.3, -0.25) is 4.90 Å². The standard InChI is InChI=1S/C12H25N3O/c1-14-5-2-3-12(11-13,4-6-14)15-7-9-16-10-8-15/h2-11,13H2,1H3. The molecule has 2 rings (SSSR count). The van der Waals surface area contributed by atoms with Gasteiger partial charge in [-0.25, -0.2) is 0 Å². The molecule has 0 radical (unpaired) electrons. The van der Waals surface area contributed by atoms with Crippen molar-refractivity contribution in [3.63, 3.8) is 0 Å². The van der Waals surface area contributed by atoms with E-state index in [9.17, 15) is 0 Å². The zero-order chi connectivity index (χ0) is 11.4. The van der Waals surface area contributed by atoms with Gasteiger partial charge in [-0.15, -0.1) is 0 Å². The number of morpholine rings is 1. The van der Waals surface area contributed by atoms with Crippen LogP contribution in [-0.4, -0.2) is 68.3 Å². The van der Waals surface area contributed by atoms with Crippen LogP contribution in [0.3, 0.4) is 0 Å². The number of hydrogen-bond donors (Lipinski definition) is 1. The average molecular weight is 227 g/mol. The van der Waals surface area contributed by atoms with Gasteiger partial charge in [-0.2, -0.15) is 0 Å². The lowest BCUT2D eigenvalue weighted by molar-refractivity contribution is -0.0250. The molecule has 2 heterocycles. The minimum Gasteiger partial charge on any atom is -0.379 e. The Balaban J connectivity index is 2.04. The van der Waals surface area contributed by atoms with E-state index in [0.29, 0.717) is 0 Å². The number of nitrogens with zero attached hydrogens (tertiary/aromatic N) is 2. The van der Waals surface area contributed by atoms with Gasteiger partial charge >= 0.3 is 0 Å². The molecular weight excluding hydrogens is 202 g/mol. The van der Waals surface area contributed by atoms with Crippen molar-refractivity contribution in [2.24, 2.45) is 5.73 Å². The monoisotopic (exact) mass is 227 g/mol. The Morgan fingerprint density at radius 2 is 1.88 bits per heavy atom. The fourth-order valence-electron chi connectivity index (χ4n) is 3.00. The van der Waals surface area contributed by atoms with Crippen molar-refractivity contribution in [3.8, 4) is 0 Å². The molecule has 2 saturated heterocycles. The number of likely N-dealkylation sites (tertiary alicyclic amines) is 1. The van der Waals surface area contributed by atoms with Crippen LogP contribution in [0.25, 0.3) is 0 Å². The van der Waals surface area contributed by atoms with Gasteiger partial charge in [0.25, 0.3) is 0 Å². The molecule has 94 valence electrons. The molecule has 2 fully saturated rings. The number of ether oxygens (including phenoxy) is 1. The predicted molar refractivity (Wildman–Crippen MR) is 65.5 cm³/mol. The van der Waals surface area contributed by atoms with E-state index in [4.69, 9.17) is 10.5 Å². The molecule has 4 nitrogen and oxygen atoms in total. The summed E-state index contributed by atoms with van der Waals surface area (Å²) >= 11 is 0. The van der Waals surface area contributed by atoms with Gasteiger partial charge in [0.1, 0.15) is 0 Å². The minimum absolute atomic E-state index is 0.245. The normalized spacial score (nSPS) is 34.9. The van der Waals surface area contributed by atoms with E-state index in [1.165, 1.54) is 32.4 Å². The van der Waals surface area contributed by atoms with Gasteiger partial charge in [0.2, 0.25) is 0 Å². The molecule has 4 heteroatoms. The van der Waals surface area contributed by atoms with E-state index in [0.717, 1.165) is 32.8 Å². The summed E-state index contributed by atoms with van der Waals surface area (Å²) in [5.41, 5.74) is 6.33. The summed E-state index contributed by atoms with van der Waals surface area (Å²) in [5, 5.41) is 0. The van der Waals surface area contributed by atoms with Crippen LogP contribution >= 0.6 is 0 Å². The number of nitrogens with two attached hydrogens (primary N) is 1. The van der Waals surface area contributed by atoms with Crippen molar-refractivity contribution in [1.29, 1.82) is 0 Å². The maximum absolute atomic E-state index is 6.08. The van der Waals surface area contributed by atoms with Gasteiger partial charge in [0.05, 0.1) is 13.2 Å².